The van der Waals surface area contributed by atoms with Crippen molar-refractivity contribution in [1.82, 2.24) is 5.32 Å². The Kier molecular flexibility index (Phi) is 4.32. The third kappa shape index (κ3) is 3.33. The predicted octanol–water partition coefficient (Wildman–Crippen LogP) is 3.15. The predicted molar refractivity (Wildman–Crippen MR) is 76.5 cm³/mol. The lowest BCUT2D eigenvalue weighted by atomic mass is 10.1. The SMILES string of the molecule is CC(NCc1ccccc1[N+](=O)[O-])c1ccc(O)cc1. The van der Waals surface area contributed by atoms with Gasteiger partial charge in [0.25, 0.3) is 5.69 Å². The molecule has 0 saturated heterocycles. The quantitative estimate of drug-likeness (QED) is 0.647. The van der Waals surface area contributed by atoms with Gasteiger partial charge in [-0.25, -0.2) is 0 Å². The van der Waals surface area contributed by atoms with Crippen molar-refractivity contribution < 1.29 is 10.0 Å². The van der Waals surface area contributed by atoms with Gasteiger partial charge in [0.1, 0.15) is 5.75 Å². The largest absolute Gasteiger partial charge is 0.508 e. The first-order valence-electron chi connectivity index (χ1n) is 6.32. The van der Waals surface area contributed by atoms with E-state index in [2.05, 4.69) is 5.32 Å². The second-order valence-corrected chi connectivity index (χ2v) is 4.58. The second-order valence-electron chi connectivity index (χ2n) is 4.58. The fourth-order valence-electron chi connectivity index (χ4n) is 1.98. The zero-order valence-corrected chi connectivity index (χ0v) is 11.1. The summed E-state index contributed by atoms with van der Waals surface area (Å²) in [5.41, 5.74) is 1.79. The van der Waals surface area contributed by atoms with Crippen LogP contribution >= 0.6 is 0 Å². The van der Waals surface area contributed by atoms with Crippen LogP contribution in [0.5, 0.6) is 5.75 Å². The van der Waals surface area contributed by atoms with E-state index in [1.54, 1.807) is 30.3 Å². The summed E-state index contributed by atoms with van der Waals surface area (Å²) < 4.78 is 0. The van der Waals surface area contributed by atoms with Crippen molar-refractivity contribution in [3.63, 3.8) is 0 Å². The number of hydrogen-bond donors (Lipinski definition) is 2. The summed E-state index contributed by atoms with van der Waals surface area (Å²) >= 11 is 0. The molecule has 0 amide bonds. The van der Waals surface area contributed by atoms with Crippen molar-refractivity contribution in [1.29, 1.82) is 0 Å². The third-order valence-electron chi connectivity index (χ3n) is 3.18. The molecule has 1 unspecified atom stereocenters. The van der Waals surface area contributed by atoms with Crippen LogP contribution in [0.1, 0.15) is 24.1 Å². The number of para-hydroxylation sites is 1. The molecule has 0 heterocycles. The molecule has 0 aliphatic carbocycles. The molecule has 2 aromatic rings. The smallest absolute Gasteiger partial charge is 0.273 e. The second kappa shape index (κ2) is 6.16. The Morgan fingerprint density at radius 1 is 1.20 bits per heavy atom. The minimum atomic E-state index is -0.373. The average Bonchev–Trinajstić information content (AvgIpc) is 2.45. The van der Waals surface area contributed by atoms with Crippen LogP contribution in [0.25, 0.3) is 0 Å². The van der Waals surface area contributed by atoms with Gasteiger partial charge in [0, 0.05) is 24.2 Å². The Hall–Kier alpha value is -2.40. The number of phenols is 1. The number of phenolic OH excluding ortho intramolecular Hbond substituents is 1. The number of nitrogens with one attached hydrogen (secondary N) is 1. The van der Waals surface area contributed by atoms with Gasteiger partial charge < -0.3 is 10.4 Å². The number of rotatable bonds is 5. The maximum Gasteiger partial charge on any atom is 0.273 e. The summed E-state index contributed by atoms with van der Waals surface area (Å²) in [5, 5.41) is 23.4. The Morgan fingerprint density at radius 2 is 1.85 bits per heavy atom. The number of nitrogens with zero attached hydrogens (tertiary/aromatic N) is 1. The molecule has 0 bridgehead atoms. The van der Waals surface area contributed by atoms with E-state index in [4.69, 9.17) is 0 Å². The van der Waals surface area contributed by atoms with Crippen LogP contribution in [0.4, 0.5) is 5.69 Å². The van der Waals surface area contributed by atoms with Gasteiger partial charge in [0.15, 0.2) is 0 Å². The van der Waals surface area contributed by atoms with Crippen molar-refractivity contribution in [2.45, 2.75) is 19.5 Å². The number of aromatic hydroxyl groups is 1. The fourth-order valence-corrected chi connectivity index (χ4v) is 1.98. The van der Waals surface area contributed by atoms with Crippen molar-refractivity contribution in [3.8, 4) is 5.75 Å². The summed E-state index contributed by atoms with van der Waals surface area (Å²) in [6.07, 6.45) is 0. The molecule has 0 aliphatic heterocycles. The van der Waals surface area contributed by atoms with Gasteiger partial charge in [-0.1, -0.05) is 30.3 Å². The fraction of sp³-hybridized carbons (Fsp3) is 0.200. The monoisotopic (exact) mass is 272 g/mol. The molecule has 2 N–H and O–H groups in total. The van der Waals surface area contributed by atoms with Crippen molar-refractivity contribution in [2.24, 2.45) is 0 Å². The molecule has 0 fully saturated rings. The van der Waals surface area contributed by atoms with Crippen LogP contribution in [0.15, 0.2) is 48.5 Å². The van der Waals surface area contributed by atoms with Gasteiger partial charge in [-0.3, -0.25) is 10.1 Å². The summed E-state index contributed by atoms with van der Waals surface area (Å²) in [6.45, 7) is 2.39. The first-order chi connectivity index (χ1) is 9.58. The molecule has 0 saturated carbocycles. The number of hydrogen-bond acceptors (Lipinski definition) is 4. The summed E-state index contributed by atoms with van der Waals surface area (Å²) in [5.74, 6) is 0.222. The van der Waals surface area contributed by atoms with E-state index < -0.39 is 0 Å². The topological polar surface area (TPSA) is 75.4 Å². The molecule has 1 atom stereocenters. The van der Waals surface area contributed by atoms with Crippen molar-refractivity contribution in [3.05, 3.63) is 69.8 Å². The zero-order chi connectivity index (χ0) is 14.5. The van der Waals surface area contributed by atoms with E-state index in [1.807, 2.05) is 19.1 Å². The van der Waals surface area contributed by atoms with Gasteiger partial charge in [0.2, 0.25) is 0 Å². The Balaban J connectivity index is 2.05. The average molecular weight is 272 g/mol. The van der Waals surface area contributed by atoms with Crippen molar-refractivity contribution in [2.75, 3.05) is 0 Å². The molecule has 20 heavy (non-hydrogen) atoms. The lowest BCUT2D eigenvalue weighted by Crippen LogP contribution is -2.18. The molecule has 104 valence electrons. The van der Waals surface area contributed by atoms with Gasteiger partial charge in [-0.15, -0.1) is 0 Å². The molecule has 0 radical (unpaired) electrons. The zero-order valence-electron chi connectivity index (χ0n) is 11.1. The van der Waals surface area contributed by atoms with Crippen molar-refractivity contribution >= 4 is 5.69 Å². The van der Waals surface area contributed by atoms with Gasteiger partial charge in [-0.05, 0) is 24.6 Å². The Morgan fingerprint density at radius 3 is 2.50 bits per heavy atom. The van der Waals surface area contributed by atoms with E-state index in [9.17, 15) is 15.2 Å². The number of nitro benzene ring substituents is 1. The summed E-state index contributed by atoms with van der Waals surface area (Å²) in [7, 11) is 0. The molecule has 0 spiro atoms. The van der Waals surface area contributed by atoms with E-state index in [1.165, 1.54) is 6.07 Å². The van der Waals surface area contributed by atoms with E-state index in [0.717, 1.165) is 5.56 Å². The van der Waals surface area contributed by atoms with Crippen LogP contribution < -0.4 is 5.32 Å². The molecule has 5 heteroatoms. The maximum atomic E-state index is 10.9. The summed E-state index contributed by atoms with van der Waals surface area (Å²) in [4.78, 5) is 10.6. The number of nitro groups is 1. The standard InChI is InChI=1S/C15H16N2O3/c1-11(12-6-8-14(18)9-7-12)16-10-13-4-2-3-5-15(13)17(19)20/h2-9,11,16,18H,10H2,1H3. The molecule has 0 aromatic heterocycles. The highest BCUT2D eigenvalue weighted by atomic mass is 16.6. The third-order valence-corrected chi connectivity index (χ3v) is 3.18. The molecular weight excluding hydrogens is 256 g/mol. The highest BCUT2D eigenvalue weighted by Crippen LogP contribution is 2.20. The maximum absolute atomic E-state index is 10.9. The normalized spacial score (nSPS) is 12.1. The van der Waals surface area contributed by atoms with E-state index in [0.29, 0.717) is 12.1 Å². The van der Waals surface area contributed by atoms with Crippen LogP contribution in [0, 0.1) is 10.1 Å². The van der Waals surface area contributed by atoms with Gasteiger partial charge in [-0.2, -0.15) is 0 Å². The Labute approximate surface area is 117 Å². The van der Waals surface area contributed by atoms with Crippen LogP contribution in [-0.2, 0) is 6.54 Å². The summed E-state index contributed by atoms with van der Waals surface area (Å²) in [6, 6.07) is 13.6. The highest BCUT2D eigenvalue weighted by molar-refractivity contribution is 5.39. The minimum Gasteiger partial charge on any atom is -0.508 e. The lowest BCUT2D eigenvalue weighted by molar-refractivity contribution is -0.385. The molecule has 0 aliphatic rings. The van der Waals surface area contributed by atoms with Crippen LogP contribution in [-0.4, -0.2) is 10.0 Å². The van der Waals surface area contributed by atoms with Gasteiger partial charge >= 0.3 is 0 Å². The number of benzene rings is 2. The van der Waals surface area contributed by atoms with Gasteiger partial charge in [0.05, 0.1) is 4.92 Å². The van der Waals surface area contributed by atoms with Crippen LogP contribution in [0.2, 0.25) is 0 Å². The van der Waals surface area contributed by atoms with E-state index in [-0.39, 0.29) is 22.4 Å². The molecule has 5 nitrogen and oxygen atoms in total. The lowest BCUT2D eigenvalue weighted by Gasteiger charge is -2.14. The molecule has 2 aromatic carbocycles. The Bertz CT molecular complexity index is 596. The minimum absolute atomic E-state index is 0.0374. The van der Waals surface area contributed by atoms with E-state index >= 15 is 0 Å². The molecule has 2 rings (SSSR count). The first-order valence-corrected chi connectivity index (χ1v) is 6.32. The molecular formula is C15H16N2O3. The van der Waals surface area contributed by atoms with Crippen LogP contribution in [0.3, 0.4) is 0 Å². The first kappa shape index (κ1) is 14.0. The highest BCUT2D eigenvalue weighted by Gasteiger charge is 2.13.